The summed E-state index contributed by atoms with van der Waals surface area (Å²) in [4.78, 5) is 16.3. The van der Waals surface area contributed by atoms with Gasteiger partial charge in [-0.1, -0.05) is 18.5 Å². The van der Waals surface area contributed by atoms with E-state index < -0.39 is 0 Å². The largest absolute Gasteiger partial charge is 0.292 e. The third kappa shape index (κ3) is 2.69. The van der Waals surface area contributed by atoms with Crippen LogP contribution in [0.1, 0.15) is 24.0 Å². The summed E-state index contributed by atoms with van der Waals surface area (Å²) in [6.45, 7) is 4.20. The molecule has 0 aromatic carbocycles. The molecule has 0 aliphatic carbocycles. The van der Waals surface area contributed by atoms with Crippen LogP contribution in [0.4, 0.5) is 0 Å². The number of hydrogen-bond acceptors (Lipinski definition) is 3. The molecule has 0 atom stereocenters. The Kier molecular flexibility index (Phi) is 4.29. The molecule has 2 rings (SSSR count). The van der Waals surface area contributed by atoms with Gasteiger partial charge < -0.3 is 0 Å². The van der Waals surface area contributed by atoms with E-state index in [0.717, 1.165) is 23.5 Å². The van der Waals surface area contributed by atoms with Gasteiger partial charge in [0.2, 0.25) is 0 Å². The molecule has 0 fully saturated rings. The second-order valence-electron chi connectivity index (χ2n) is 4.26. The quantitative estimate of drug-likeness (QED) is 0.752. The molecule has 7 heteroatoms. The van der Waals surface area contributed by atoms with Gasteiger partial charge in [-0.3, -0.25) is 14.0 Å². The van der Waals surface area contributed by atoms with E-state index in [1.54, 1.807) is 15.6 Å². The van der Waals surface area contributed by atoms with Gasteiger partial charge in [0.05, 0.1) is 38.5 Å². The lowest BCUT2D eigenvalue weighted by Gasteiger charge is -2.07. The smallest absolute Gasteiger partial charge is 0.267 e. The monoisotopic (exact) mass is 392 g/mol. The van der Waals surface area contributed by atoms with Crippen LogP contribution < -0.4 is 5.56 Å². The summed E-state index contributed by atoms with van der Waals surface area (Å²) < 4.78 is 3.91. The fraction of sp³-hybridized carbons (Fsp3) is 0.417. The van der Waals surface area contributed by atoms with E-state index in [2.05, 4.69) is 10.1 Å². The predicted molar refractivity (Wildman–Crippen MR) is 82.6 cm³/mol. The van der Waals surface area contributed by atoms with Crippen molar-refractivity contribution in [1.29, 1.82) is 0 Å². The van der Waals surface area contributed by atoms with Gasteiger partial charge in [0, 0.05) is 7.05 Å². The minimum Gasteiger partial charge on any atom is -0.292 e. The van der Waals surface area contributed by atoms with Gasteiger partial charge in [0.25, 0.3) is 5.56 Å². The van der Waals surface area contributed by atoms with E-state index in [1.165, 1.54) is 0 Å². The average Bonchev–Trinajstić information content (AvgIpc) is 2.66. The Morgan fingerprint density at radius 1 is 1.47 bits per heavy atom. The molecule has 2 aromatic rings. The maximum Gasteiger partial charge on any atom is 0.267 e. The molecule has 0 aliphatic heterocycles. The zero-order chi connectivity index (χ0) is 14.2. The van der Waals surface area contributed by atoms with Crippen molar-refractivity contribution in [1.82, 2.24) is 19.3 Å². The Balaban J connectivity index is 2.45. The summed E-state index contributed by atoms with van der Waals surface area (Å²) >= 11 is 8.30. The van der Waals surface area contributed by atoms with E-state index in [9.17, 15) is 4.79 Å². The zero-order valence-corrected chi connectivity index (χ0v) is 13.9. The first-order chi connectivity index (χ1) is 8.95. The summed E-state index contributed by atoms with van der Waals surface area (Å²) in [5, 5.41) is 4.97. The number of hydrogen-bond donors (Lipinski definition) is 0. The zero-order valence-electron chi connectivity index (χ0n) is 10.9. The Bertz CT molecular complexity index is 677. The SMILES string of the molecule is CCc1nn(C)c(Cn2cnc(C)c(I)c2=O)c1Cl. The normalized spacial score (nSPS) is 11.0. The lowest BCUT2D eigenvalue weighted by molar-refractivity contribution is 0.638. The van der Waals surface area contributed by atoms with Crippen molar-refractivity contribution >= 4 is 34.2 Å². The highest BCUT2D eigenvalue weighted by Crippen LogP contribution is 2.21. The molecule has 19 heavy (non-hydrogen) atoms. The van der Waals surface area contributed by atoms with Crippen LogP contribution in [0, 0.1) is 10.5 Å². The van der Waals surface area contributed by atoms with Gasteiger partial charge in [0.1, 0.15) is 0 Å². The van der Waals surface area contributed by atoms with E-state index in [4.69, 9.17) is 11.6 Å². The van der Waals surface area contributed by atoms with E-state index in [1.807, 2.05) is 43.5 Å². The molecule has 0 aliphatic rings. The fourth-order valence-corrected chi connectivity index (χ4v) is 2.61. The van der Waals surface area contributed by atoms with Crippen LogP contribution in [-0.4, -0.2) is 19.3 Å². The van der Waals surface area contributed by atoms with Crippen molar-refractivity contribution in [2.24, 2.45) is 7.05 Å². The van der Waals surface area contributed by atoms with Crippen LogP contribution >= 0.6 is 34.2 Å². The van der Waals surface area contributed by atoms with Crippen LogP contribution in [0.15, 0.2) is 11.1 Å². The Morgan fingerprint density at radius 3 is 2.74 bits per heavy atom. The van der Waals surface area contributed by atoms with Crippen LogP contribution in [-0.2, 0) is 20.0 Å². The maximum atomic E-state index is 12.1. The van der Waals surface area contributed by atoms with Crippen molar-refractivity contribution in [2.75, 3.05) is 0 Å². The van der Waals surface area contributed by atoms with Gasteiger partial charge in [-0.05, 0) is 35.9 Å². The van der Waals surface area contributed by atoms with Gasteiger partial charge in [-0.2, -0.15) is 5.10 Å². The molecule has 0 saturated carbocycles. The van der Waals surface area contributed by atoms with Gasteiger partial charge in [0.15, 0.2) is 0 Å². The molecule has 0 bridgehead atoms. The summed E-state index contributed by atoms with van der Waals surface area (Å²) in [5.74, 6) is 0. The van der Waals surface area contributed by atoms with Crippen molar-refractivity contribution < 1.29 is 0 Å². The van der Waals surface area contributed by atoms with Gasteiger partial charge >= 0.3 is 0 Å². The highest BCUT2D eigenvalue weighted by atomic mass is 127. The molecular formula is C12H14ClIN4O. The number of nitrogens with zero attached hydrogens (tertiary/aromatic N) is 4. The number of halogens is 2. The molecule has 0 saturated heterocycles. The van der Waals surface area contributed by atoms with Crippen LogP contribution in [0.3, 0.4) is 0 Å². The maximum absolute atomic E-state index is 12.1. The Labute approximate surface area is 129 Å². The lowest BCUT2D eigenvalue weighted by Crippen LogP contribution is -2.25. The number of rotatable bonds is 3. The second kappa shape index (κ2) is 5.62. The first-order valence-electron chi connectivity index (χ1n) is 5.87. The second-order valence-corrected chi connectivity index (χ2v) is 5.72. The lowest BCUT2D eigenvalue weighted by atomic mass is 10.3. The third-order valence-corrected chi connectivity index (χ3v) is 4.66. The molecule has 0 amide bonds. The van der Waals surface area contributed by atoms with Crippen molar-refractivity contribution in [3.63, 3.8) is 0 Å². The molecule has 2 heterocycles. The summed E-state index contributed by atoms with van der Waals surface area (Å²) in [5.41, 5.74) is 2.36. The Hall–Kier alpha value is -0.890. The molecular weight excluding hydrogens is 379 g/mol. The summed E-state index contributed by atoms with van der Waals surface area (Å²) in [6, 6.07) is 0. The molecule has 5 nitrogen and oxygen atoms in total. The van der Waals surface area contributed by atoms with Crippen LogP contribution in [0.5, 0.6) is 0 Å². The average molecular weight is 393 g/mol. The van der Waals surface area contributed by atoms with Crippen molar-refractivity contribution in [3.05, 3.63) is 42.4 Å². The fourth-order valence-electron chi connectivity index (χ4n) is 1.81. The first-order valence-corrected chi connectivity index (χ1v) is 7.33. The topological polar surface area (TPSA) is 52.7 Å². The molecule has 2 aromatic heterocycles. The first kappa shape index (κ1) is 14.5. The molecule has 0 N–H and O–H groups in total. The standard InChI is InChI=1S/C12H14ClIN4O/c1-4-8-10(13)9(17(3)16-8)5-18-6-15-7(2)11(14)12(18)19/h6H,4-5H2,1-3H3. The summed E-state index contributed by atoms with van der Waals surface area (Å²) in [6.07, 6.45) is 2.32. The highest BCUT2D eigenvalue weighted by molar-refractivity contribution is 14.1. The van der Waals surface area contributed by atoms with Gasteiger partial charge in [-0.15, -0.1) is 0 Å². The van der Waals surface area contributed by atoms with Gasteiger partial charge in [-0.25, -0.2) is 4.98 Å². The predicted octanol–water partition coefficient (Wildman–Crippen LogP) is 2.15. The van der Waals surface area contributed by atoms with E-state index in [-0.39, 0.29) is 5.56 Å². The number of aromatic nitrogens is 4. The molecule has 0 radical (unpaired) electrons. The third-order valence-electron chi connectivity index (χ3n) is 2.98. The minimum absolute atomic E-state index is 0.0524. The molecule has 0 spiro atoms. The van der Waals surface area contributed by atoms with E-state index in [0.29, 0.717) is 15.1 Å². The van der Waals surface area contributed by atoms with Crippen LogP contribution in [0.25, 0.3) is 0 Å². The molecule has 0 unspecified atom stereocenters. The van der Waals surface area contributed by atoms with Crippen molar-refractivity contribution in [2.45, 2.75) is 26.8 Å². The Morgan fingerprint density at radius 2 is 2.16 bits per heavy atom. The van der Waals surface area contributed by atoms with E-state index >= 15 is 0 Å². The number of aryl methyl sites for hydroxylation is 3. The molecule has 102 valence electrons. The van der Waals surface area contributed by atoms with Crippen molar-refractivity contribution in [3.8, 4) is 0 Å². The minimum atomic E-state index is -0.0524. The van der Waals surface area contributed by atoms with Crippen LogP contribution in [0.2, 0.25) is 5.02 Å². The summed E-state index contributed by atoms with van der Waals surface area (Å²) in [7, 11) is 1.83. The highest BCUT2D eigenvalue weighted by Gasteiger charge is 2.15.